The molecule has 210 valence electrons. The van der Waals surface area contributed by atoms with Crippen molar-refractivity contribution in [3.8, 4) is 17.6 Å². The highest BCUT2D eigenvalue weighted by molar-refractivity contribution is 5.91. The fourth-order valence-electron chi connectivity index (χ4n) is 5.55. The Labute approximate surface area is 236 Å². The minimum atomic E-state index is -0.469. The van der Waals surface area contributed by atoms with Crippen LogP contribution < -0.4 is 9.47 Å². The smallest absolute Gasteiger partial charge is 0.343 e. The van der Waals surface area contributed by atoms with E-state index < -0.39 is 5.97 Å². The zero-order valence-electron chi connectivity index (χ0n) is 24.0. The van der Waals surface area contributed by atoms with Crippen LogP contribution in [0.5, 0.6) is 11.5 Å². The highest BCUT2D eigenvalue weighted by Gasteiger charge is 2.21. The number of ether oxygens (including phenoxy) is 2. The molecule has 0 N–H and O–H groups in total. The van der Waals surface area contributed by atoms with Gasteiger partial charge >= 0.3 is 5.97 Å². The standard InChI is InChI=1S/C35H47NO3/c1-3-5-7-8-9-11-25-38-33-22-20-31(21-23-33)35(37)39-34-24-19-30(26-32(34)27-36)18-17-29-15-13-28(14-16-29)12-10-6-4-2/h3,19-24,26,28-29H,1,4-18,25H2,2H3. The second kappa shape index (κ2) is 17.5. The van der Waals surface area contributed by atoms with Gasteiger partial charge in [0.25, 0.3) is 0 Å². The van der Waals surface area contributed by atoms with Gasteiger partial charge in [0.1, 0.15) is 17.6 Å². The number of hydrogen-bond donors (Lipinski definition) is 0. The zero-order valence-corrected chi connectivity index (χ0v) is 24.0. The van der Waals surface area contributed by atoms with Gasteiger partial charge in [-0.15, -0.1) is 6.58 Å². The molecule has 0 heterocycles. The van der Waals surface area contributed by atoms with Crippen molar-refractivity contribution in [1.82, 2.24) is 0 Å². The van der Waals surface area contributed by atoms with Crippen molar-refractivity contribution in [1.29, 1.82) is 5.26 Å². The number of unbranched alkanes of at least 4 members (excludes halogenated alkanes) is 6. The van der Waals surface area contributed by atoms with Crippen LogP contribution in [0.25, 0.3) is 0 Å². The fraction of sp³-hybridized carbons (Fsp3) is 0.543. The summed E-state index contributed by atoms with van der Waals surface area (Å²) in [6, 6.07) is 14.9. The first kappa shape index (κ1) is 30.5. The van der Waals surface area contributed by atoms with Crippen LogP contribution in [0.4, 0.5) is 0 Å². The summed E-state index contributed by atoms with van der Waals surface area (Å²) in [4.78, 5) is 12.7. The lowest BCUT2D eigenvalue weighted by molar-refractivity contribution is 0.0734. The van der Waals surface area contributed by atoms with Gasteiger partial charge in [0, 0.05) is 0 Å². The summed E-state index contributed by atoms with van der Waals surface area (Å²) in [5, 5.41) is 9.70. The molecule has 1 aliphatic rings. The topological polar surface area (TPSA) is 59.3 Å². The average molecular weight is 530 g/mol. The monoisotopic (exact) mass is 529 g/mol. The van der Waals surface area contributed by atoms with Crippen LogP contribution in [0.1, 0.15) is 118 Å². The molecule has 0 atom stereocenters. The van der Waals surface area contributed by atoms with Crippen molar-refractivity contribution < 1.29 is 14.3 Å². The van der Waals surface area contributed by atoms with Gasteiger partial charge in [-0.3, -0.25) is 0 Å². The van der Waals surface area contributed by atoms with Gasteiger partial charge in [0.2, 0.25) is 0 Å². The number of aryl methyl sites for hydroxylation is 1. The fourth-order valence-corrected chi connectivity index (χ4v) is 5.55. The summed E-state index contributed by atoms with van der Waals surface area (Å²) >= 11 is 0. The lowest BCUT2D eigenvalue weighted by atomic mass is 9.78. The summed E-state index contributed by atoms with van der Waals surface area (Å²) in [5.74, 6) is 2.30. The van der Waals surface area contributed by atoms with Gasteiger partial charge in [-0.25, -0.2) is 4.79 Å². The van der Waals surface area contributed by atoms with Gasteiger partial charge in [0.15, 0.2) is 0 Å². The second-order valence-electron chi connectivity index (χ2n) is 11.1. The molecule has 2 aromatic carbocycles. The Balaban J connectivity index is 1.42. The first-order valence-corrected chi connectivity index (χ1v) is 15.2. The molecule has 0 radical (unpaired) electrons. The quantitative estimate of drug-likeness (QED) is 0.0886. The maximum atomic E-state index is 12.7. The van der Waals surface area contributed by atoms with E-state index in [9.17, 15) is 10.1 Å². The molecule has 0 aromatic heterocycles. The molecule has 3 rings (SSSR count). The second-order valence-corrected chi connectivity index (χ2v) is 11.1. The summed E-state index contributed by atoms with van der Waals surface area (Å²) in [6.45, 7) is 6.68. The van der Waals surface area contributed by atoms with Crippen molar-refractivity contribution in [2.24, 2.45) is 11.8 Å². The van der Waals surface area contributed by atoms with Crippen molar-refractivity contribution >= 4 is 5.97 Å². The number of nitrogens with zero attached hydrogens (tertiary/aromatic N) is 1. The van der Waals surface area contributed by atoms with Crippen molar-refractivity contribution in [3.05, 3.63) is 71.8 Å². The third-order valence-corrected chi connectivity index (χ3v) is 8.05. The number of nitriles is 1. The number of esters is 1. The Bertz CT molecular complexity index is 1040. The van der Waals surface area contributed by atoms with E-state index in [1.165, 1.54) is 64.2 Å². The number of hydrogen-bond acceptors (Lipinski definition) is 4. The predicted octanol–water partition coefficient (Wildman–Crippen LogP) is 9.61. The lowest BCUT2D eigenvalue weighted by Gasteiger charge is -2.28. The number of carbonyl (C=O) groups is 1. The van der Waals surface area contributed by atoms with E-state index in [0.717, 1.165) is 55.3 Å². The summed E-state index contributed by atoms with van der Waals surface area (Å²) in [5.41, 5.74) is 1.98. The average Bonchev–Trinajstić information content (AvgIpc) is 2.97. The van der Waals surface area contributed by atoms with Gasteiger partial charge in [-0.2, -0.15) is 5.26 Å². The molecule has 0 aliphatic heterocycles. The molecule has 2 aromatic rings. The SMILES string of the molecule is C=CCCCCCCOc1ccc(C(=O)Oc2ccc(CCC3CCC(CCCCC)CC3)cc2C#N)cc1. The van der Waals surface area contributed by atoms with Crippen LogP contribution in [0.15, 0.2) is 55.1 Å². The van der Waals surface area contributed by atoms with Gasteiger partial charge < -0.3 is 9.47 Å². The Morgan fingerprint density at radius 2 is 1.67 bits per heavy atom. The number of rotatable bonds is 17. The van der Waals surface area contributed by atoms with Gasteiger partial charge in [-0.05, 0) is 85.9 Å². The normalized spacial score (nSPS) is 16.8. The molecule has 0 spiro atoms. The minimum absolute atomic E-state index is 0.315. The third-order valence-electron chi connectivity index (χ3n) is 8.05. The minimum Gasteiger partial charge on any atom is -0.494 e. The Hall–Kier alpha value is -3.06. The molecule has 39 heavy (non-hydrogen) atoms. The van der Waals surface area contributed by atoms with E-state index in [2.05, 4.69) is 19.6 Å². The van der Waals surface area contributed by atoms with Crippen LogP contribution in [0.2, 0.25) is 0 Å². The maximum Gasteiger partial charge on any atom is 0.343 e. The highest BCUT2D eigenvalue weighted by Crippen LogP contribution is 2.34. The van der Waals surface area contributed by atoms with Crippen LogP contribution in [-0.4, -0.2) is 12.6 Å². The van der Waals surface area contributed by atoms with Crippen LogP contribution in [-0.2, 0) is 6.42 Å². The van der Waals surface area contributed by atoms with E-state index in [0.29, 0.717) is 23.5 Å². The van der Waals surface area contributed by atoms with Crippen molar-refractivity contribution in [2.45, 2.75) is 103 Å². The predicted molar refractivity (Wildman–Crippen MR) is 159 cm³/mol. The molecule has 1 saturated carbocycles. The first-order valence-electron chi connectivity index (χ1n) is 15.2. The van der Waals surface area contributed by atoms with Crippen molar-refractivity contribution in [3.63, 3.8) is 0 Å². The molecule has 4 heteroatoms. The number of carbonyl (C=O) groups excluding carboxylic acids is 1. The van der Waals surface area contributed by atoms with E-state index >= 15 is 0 Å². The van der Waals surface area contributed by atoms with E-state index in [1.54, 1.807) is 30.3 Å². The summed E-state index contributed by atoms with van der Waals surface area (Å²) in [6.07, 6.45) is 20.5. The van der Waals surface area contributed by atoms with Crippen LogP contribution in [0, 0.1) is 23.2 Å². The number of allylic oxidation sites excluding steroid dienone is 1. The van der Waals surface area contributed by atoms with Crippen LogP contribution >= 0.6 is 0 Å². The van der Waals surface area contributed by atoms with Crippen LogP contribution in [0.3, 0.4) is 0 Å². The molecule has 0 unspecified atom stereocenters. The molecule has 0 bridgehead atoms. The number of benzene rings is 2. The first-order chi connectivity index (χ1) is 19.1. The summed E-state index contributed by atoms with van der Waals surface area (Å²) < 4.78 is 11.4. The zero-order chi connectivity index (χ0) is 27.7. The van der Waals surface area contributed by atoms with Gasteiger partial charge in [-0.1, -0.05) is 83.3 Å². The molecular weight excluding hydrogens is 482 g/mol. The molecule has 0 saturated heterocycles. The van der Waals surface area contributed by atoms with Crippen molar-refractivity contribution in [2.75, 3.05) is 6.61 Å². The summed E-state index contributed by atoms with van der Waals surface area (Å²) in [7, 11) is 0. The highest BCUT2D eigenvalue weighted by atomic mass is 16.5. The lowest BCUT2D eigenvalue weighted by Crippen LogP contribution is -2.15. The Kier molecular flexibility index (Phi) is 13.7. The maximum absolute atomic E-state index is 12.7. The Morgan fingerprint density at radius 3 is 2.36 bits per heavy atom. The molecule has 1 aliphatic carbocycles. The van der Waals surface area contributed by atoms with E-state index in [-0.39, 0.29) is 0 Å². The largest absolute Gasteiger partial charge is 0.494 e. The molecule has 4 nitrogen and oxygen atoms in total. The Morgan fingerprint density at radius 1 is 0.949 bits per heavy atom. The molecule has 0 amide bonds. The molecular formula is C35H47NO3. The van der Waals surface area contributed by atoms with E-state index in [4.69, 9.17) is 9.47 Å². The van der Waals surface area contributed by atoms with E-state index in [1.807, 2.05) is 18.2 Å². The molecule has 1 fully saturated rings. The van der Waals surface area contributed by atoms with Gasteiger partial charge in [0.05, 0.1) is 17.7 Å². The third kappa shape index (κ3) is 10.9.